The number of rotatable bonds is 4. The minimum absolute atomic E-state index is 0.806. The van der Waals surface area contributed by atoms with E-state index in [2.05, 4.69) is 47.2 Å². The summed E-state index contributed by atoms with van der Waals surface area (Å²) >= 11 is 3.53. The summed E-state index contributed by atoms with van der Waals surface area (Å²) in [6.07, 6.45) is 1.00. The lowest BCUT2D eigenvalue weighted by molar-refractivity contribution is 0.513. The summed E-state index contributed by atoms with van der Waals surface area (Å²) < 4.78 is 6.94. The molecule has 1 aromatic heterocycles. The lowest BCUT2D eigenvalue weighted by Crippen LogP contribution is -2.12. The van der Waals surface area contributed by atoms with Gasteiger partial charge in [0, 0.05) is 10.9 Å². The van der Waals surface area contributed by atoms with Gasteiger partial charge in [-0.3, -0.25) is 0 Å². The highest BCUT2D eigenvalue weighted by atomic mass is 79.9. The summed E-state index contributed by atoms with van der Waals surface area (Å²) in [7, 11) is 0. The summed E-state index contributed by atoms with van der Waals surface area (Å²) in [5.74, 6) is 1.06. The van der Waals surface area contributed by atoms with Crippen molar-refractivity contribution in [2.75, 3.05) is 6.54 Å². The van der Waals surface area contributed by atoms with E-state index in [4.69, 9.17) is 4.42 Å². The van der Waals surface area contributed by atoms with Crippen molar-refractivity contribution in [2.45, 2.75) is 26.8 Å². The first-order valence-corrected chi connectivity index (χ1v) is 6.46. The van der Waals surface area contributed by atoms with E-state index in [1.54, 1.807) is 0 Å². The highest BCUT2D eigenvalue weighted by Gasteiger charge is 2.13. The molecular formula is C13H16BrNO. The van der Waals surface area contributed by atoms with Crippen molar-refractivity contribution in [3.63, 3.8) is 0 Å². The fourth-order valence-corrected chi connectivity index (χ4v) is 2.40. The molecule has 16 heavy (non-hydrogen) atoms. The number of hydrogen-bond donors (Lipinski definition) is 1. The minimum atomic E-state index is 0.806. The lowest BCUT2D eigenvalue weighted by atomic mass is 10.1. The number of para-hydroxylation sites is 1. The first-order chi connectivity index (χ1) is 7.77. The molecule has 0 bridgehead atoms. The number of fused-ring (bicyclic) bond motifs is 1. The summed E-state index contributed by atoms with van der Waals surface area (Å²) in [5, 5.41) is 4.54. The predicted octanol–water partition coefficient (Wildman–Crippen LogP) is 3.87. The van der Waals surface area contributed by atoms with Crippen LogP contribution in [0.2, 0.25) is 0 Å². The van der Waals surface area contributed by atoms with E-state index in [1.165, 1.54) is 10.9 Å². The molecule has 3 heteroatoms. The Morgan fingerprint density at radius 2 is 2.12 bits per heavy atom. The van der Waals surface area contributed by atoms with Crippen LogP contribution in [-0.4, -0.2) is 6.54 Å². The van der Waals surface area contributed by atoms with Crippen LogP contribution < -0.4 is 5.32 Å². The highest BCUT2D eigenvalue weighted by molar-refractivity contribution is 9.10. The average Bonchev–Trinajstić information content (AvgIpc) is 2.65. The third-order valence-corrected chi connectivity index (χ3v) is 3.37. The van der Waals surface area contributed by atoms with Crippen molar-refractivity contribution in [2.24, 2.45) is 0 Å². The third kappa shape index (κ3) is 2.02. The van der Waals surface area contributed by atoms with Gasteiger partial charge in [-0.1, -0.05) is 26.0 Å². The van der Waals surface area contributed by atoms with Crippen LogP contribution in [0.5, 0.6) is 0 Å². The quantitative estimate of drug-likeness (QED) is 0.921. The van der Waals surface area contributed by atoms with Crippen LogP contribution in [0.25, 0.3) is 11.0 Å². The molecular weight excluding hydrogens is 266 g/mol. The number of halogens is 1. The molecule has 1 aromatic carbocycles. The Bertz CT molecular complexity index is 490. The van der Waals surface area contributed by atoms with E-state index in [9.17, 15) is 0 Å². The summed E-state index contributed by atoms with van der Waals surface area (Å²) in [4.78, 5) is 0. The maximum Gasteiger partial charge on any atom is 0.148 e. The largest absolute Gasteiger partial charge is 0.458 e. The maximum absolute atomic E-state index is 5.91. The average molecular weight is 282 g/mol. The molecule has 0 radical (unpaired) electrons. The molecule has 0 saturated heterocycles. The van der Waals surface area contributed by atoms with Crippen molar-refractivity contribution in [1.82, 2.24) is 5.32 Å². The number of nitrogens with one attached hydrogen (secondary N) is 1. The Labute approximate surface area is 104 Å². The van der Waals surface area contributed by atoms with E-state index < -0.39 is 0 Å². The zero-order valence-electron chi connectivity index (χ0n) is 9.64. The zero-order chi connectivity index (χ0) is 11.5. The van der Waals surface area contributed by atoms with Gasteiger partial charge < -0.3 is 9.73 Å². The Morgan fingerprint density at radius 3 is 2.81 bits per heavy atom. The van der Waals surface area contributed by atoms with E-state index in [0.29, 0.717) is 0 Å². The first-order valence-electron chi connectivity index (χ1n) is 5.67. The summed E-state index contributed by atoms with van der Waals surface area (Å²) in [6.45, 7) is 6.03. The van der Waals surface area contributed by atoms with Gasteiger partial charge in [0.15, 0.2) is 0 Å². The molecule has 0 spiro atoms. The monoisotopic (exact) mass is 281 g/mol. The second-order valence-corrected chi connectivity index (χ2v) is 4.61. The van der Waals surface area contributed by atoms with Crippen LogP contribution in [0.15, 0.2) is 27.1 Å². The molecule has 2 nitrogen and oxygen atoms in total. The van der Waals surface area contributed by atoms with Gasteiger partial charge in [-0.05, 0) is 35.0 Å². The predicted molar refractivity (Wildman–Crippen MR) is 70.7 cm³/mol. The number of aryl methyl sites for hydroxylation is 1. The second kappa shape index (κ2) is 5.02. The van der Waals surface area contributed by atoms with Crippen molar-refractivity contribution in [3.05, 3.63) is 34.0 Å². The van der Waals surface area contributed by atoms with E-state index in [-0.39, 0.29) is 0 Å². The molecule has 86 valence electrons. The third-order valence-electron chi connectivity index (χ3n) is 2.74. The van der Waals surface area contributed by atoms with Crippen molar-refractivity contribution in [3.8, 4) is 0 Å². The normalized spacial score (nSPS) is 11.2. The fraction of sp³-hybridized carbons (Fsp3) is 0.385. The first kappa shape index (κ1) is 11.7. The van der Waals surface area contributed by atoms with Gasteiger partial charge in [-0.15, -0.1) is 0 Å². The molecule has 0 aliphatic heterocycles. The molecule has 2 aromatic rings. The minimum Gasteiger partial charge on any atom is -0.458 e. The van der Waals surface area contributed by atoms with Crippen LogP contribution in [0, 0.1) is 0 Å². The van der Waals surface area contributed by atoms with Crippen LogP contribution in [-0.2, 0) is 13.0 Å². The van der Waals surface area contributed by atoms with Crippen molar-refractivity contribution in [1.29, 1.82) is 0 Å². The van der Waals surface area contributed by atoms with Gasteiger partial charge in [-0.2, -0.15) is 0 Å². The van der Waals surface area contributed by atoms with Gasteiger partial charge in [0.25, 0.3) is 0 Å². The van der Waals surface area contributed by atoms with Gasteiger partial charge in [-0.25, -0.2) is 0 Å². The second-order valence-electron chi connectivity index (χ2n) is 3.75. The smallest absolute Gasteiger partial charge is 0.148 e. The van der Waals surface area contributed by atoms with Crippen molar-refractivity contribution >= 4 is 26.9 Å². The summed E-state index contributed by atoms with van der Waals surface area (Å²) in [5.41, 5.74) is 2.28. The van der Waals surface area contributed by atoms with Crippen LogP contribution >= 0.6 is 15.9 Å². The number of hydrogen-bond acceptors (Lipinski definition) is 2. The number of furan rings is 1. The zero-order valence-corrected chi connectivity index (χ0v) is 11.2. The Balaban J connectivity index is 2.52. The van der Waals surface area contributed by atoms with Gasteiger partial charge in [0.2, 0.25) is 0 Å². The Kier molecular flexibility index (Phi) is 3.66. The van der Waals surface area contributed by atoms with Crippen LogP contribution in [0.4, 0.5) is 0 Å². The van der Waals surface area contributed by atoms with E-state index in [1.807, 2.05) is 6.07 Å². The fourth-order valence-electron chi connectivity index (χ4n) is 1.95. The van der Waals surface area contributed by atoms with Gasteiger partial charge >= 0.3 is 0 Å². The Morgan fingerprint density at radius 1 is 1.31 bits per heavy atom. The number of benzene rings is 1. The summed E-state index contributed by atoms with van der Waals surface area (Å²) in [6, 6.07) is 6.19. The molecule has 0 atom stereocenters. The molecule has 2 rings (SSSR count). The molecule has 0 unspecified atom stereocenters. The molecule has 0 aliphatic rings. The maximum atomic E-state index is 5.91. The molecule has 0 fully saturated rings. The molecule has 0 saturated carbocycles. The Hall–Kier alpha value is -0.800. The van der Waals surface area contributed by atoms with E-state index in [0.717, 1.165) is 35.3 Å². The van der Waals surface area contributed by atoms with Gasteiger partial charge in [0.05, 0.1) is 11.0 Å². The highest BCUT2D eigenvalue weighted by Crippen LogP contribution is 2.31. The van der Waals surface area contributed by atoms with E-state index >= 15 is 0 Å². The SMILES string of the molecule is CCNCc1oc2c(Br)cccc2c1CC. The molecule has 0 amide bonds. The molecule has 0 aliphatic carbocycles. The topological polar surface area (TPSA) is 25.2 Å². The lowest BCUT2D eigenvalue weighted by Gasteiger charge is -2.00. The molecule has 1 heterocycles. The van der Waals surface area contributed by atoms with Crippen molar-refractivity contribution < 1.29 is 4.42 Å². The van der Waals surface area contributed by atoms with Crippen LogP contribution in [0.1, 0.15) is 25.2 Å². The van der Waals surface area contributed by atoms with Gasteiger partial charge in [0.1, 0.15) is 11.3 Å². The standard InChI is InChI=1S/C13H16BrNO/c1-3-9-10-6-5-7-11(14)13(10)16-12(9)8-15-4-2/h5-7,15H,3-4,8H2,1-2H3. The van der Waals surface area contributed by atoms with Crippen LogP contribution in [0.3, 0.4) is 0 Å². The molecule has 1 N–H and O–H groups in total.